The van der Waals surface area contributed by atoms with Gasteiger partial charge < -0.3 is 24.8 Å². The molecule has 0 aromatic heterocycles. The van der Waals surface area contributed by atoms with Crippen LogP contribution in [0.1, 0.15) is 32.3 Å². The number of alkyl carbamates (subject to hydrolysis) is 1. The predicted molar refractivity (Wildman–Crippen MR) is 125 cm³/mol. The van der Waals surface area contributed by atoms with Crippen molar-refractivity contribution in [2.75, 3.05) is 20.3 Å². The molecule has 0 aliphatic heterocycles. The smallest absolute Gasteiger partial charge is 0.423 e. The predicted octanol–water partition coefficient (Wildman–Crippen LogP) is 3.21. The highest BCUT2D eigenvalue weighted by Gasteiger charge is 2.58. The maximum Gasteiger partial charge on any atom is 0.423 e. The van der Waals surface area contributed by atoms with Crippen LogP contribution >= 0.6 is 0 Å². The molecule has 39 heavy (non-hydrogen) atoms. The number of ether oxygens (including phenoxy) is 3. The second kappa shape index (κ2) is 14.7. The summed E-state index contributed by atoms with van der Waals surface area (Å²) < 4.78 is 90.1. The molecule has 0 spiro atoms. The Morgan fingerprint density at radius 3 is 2.13 bits per heavy atom. The molecule has 0 heterocycles. The Morgan fingerprint density at radius 1 is 1.00 bits per heavy atom. The zero-order valence-corrected chi connectivity index (χ0v) is 21.3. The molecule has 10 nitrogen and oxygen atoms in total. The van der Waals surface area contributed by atoms with Crippen molar-refractivity contribution in [3.63, 3.8) is 0 Å². The Hall–Kier alpha value is -3.40. The van der Waals surface area contributed by atoms with E-state index in [-0.39, 0.29) is 26.0 Å². The van der Waals surface area contributed by atoms with Gasteiger partial charge in [-0.15, -0.1) is 0 Å². The van der Waals surface area contributed by atoms with Gasteiger partial charge in [-0.25, -0.2) is 4.79 Å². The summed E-state index contributed by atoms with van der Waals surface area (Å²) in [7, 11) is 1.18. The van der Waals surface area contributed by atoms with Crippen molar-refractivity contribution in [2.24, 2.45) is 0 Å². The van der Waals surface area contributed by atoms with Gasteiger partial charge in [0, 0.05) is 13.7 Å². The number of guanidine groups is 1. The number of amides is 2. The van der Waals surface area contributed by atoms with Gasteiger partial charge in [0.1, 0.15) is 18.8 Å². The van der Waals surface area contributed by atoms with Crippen molar-refractivity contribution in [2.45, 2.75) is 63.4 Å². The molecule has 0 fully saturated rings. The van der Waals surface area contributed by atoms with Crippen molar-refractivity contribution in [3.05, 3.63) is 35.9 Å². The van der Waals surface area contributed by atoms with E-state index in [4.69, 9.17) is 14.9 Å². The summed E-state index contributed by atoms with van der Waals surface area (Å²) in [5.41, 5.74) is -0.758. The Kier molecular flexibility index (Phi) is 12.7. The fourth-order valence-electron chi connectivity index (χ4n) is 2.80. The number of benzene rings is 1. The van der Waals surface area contributed by atoms with E-state index in [0.29, 0.717) is 5.56 Å². The molecule has 0 unspecified atom stereocenters. The molecule has 4 N–H and O–H groups in total. The first-order chi connectivity index (χ1) is 18.0. The van der Waals surface area contributed by atoms with Crippen LogP contribution in [0.2, 0.25) is 0 Å². The lowest BCUT2D eigenvalue weighted by Crippen LogP contribution is -2.52. The van der Waals surface area contributed by atoms with E-state index in [9.17, 15) is 40.7 Å². The first kappa shape index (κ1) is 33.6. The normalized spacial score (nSPS) is 13.0. The summed E-state index contributed by atoms with van der Waals surface area (Å²) in [6.07, 6.45) is -17.0. The third-order valence-corrected chi connectivity index (χ3v) is 5.15. The van der Waals surface area contributed by atoms with Crippen LogP contribution in [0.4, 0.5) is 31.1 Å². The molecule has 0 saturated carbocycles. The minimum atomic E-state index is -5.81. The van der Waals surface area contributed by atoms with E-state index < -0.39 is 60.4 Å². The SMILES string of the molecule is COC(C)(C)C(=O)N[C@@H](CCCNC(=N)NC(=O)OCc1ccccc1)C(=O)COC(C(F)(F)F)C(F)(F)F. The van der Waals surface area contributed by atoms with Gasteiger partial charge in [0.05, 0.1) is 6.04 Å². The second-order valence-corrected chi connectivity index (χ2v) is 8.61. The number of nitrogens with one attached hydrogen (secondary N) is 4. The molecule has 1 atom stereocenters. The fourth-order valence-corrected chi connectivity index (χ4v) is 2.80. The fraction of sp³-hybridized carbons (Fsp3) is 0.565. The molecule has 1 aromatic rings. The summed E-state index contributed by atoms with van der Waals surface area (Å²) in [5.74, 6) is -2.57. The van der Waals surface area contributed by atoms with Crippen LogP contribution in [0.25, 0.3) is 0 Å². The van der Waals surface area contributed by atoms with E-state index in [1.807, 2.05) is 0 Å². The number of ketones is 1. The van der Waals surface area contributed by atoms with Gasteiger partial charge in [-0.1, -0.05) is 30.3 Å². The van der Waals surface area contributed by atoms with Crippen LogP contribution in [0.3, 0.4) is 0 Å². The van der Waals surface area contributed by atoms with E-state index in [1.54, 1.807) is 30.3 Å². The van der Waals surface area contributed by atoms with Crippen molar-refractivity contribution in [1.29, 1.82) is 5.41 Å². The summed E-state index contributed by atoms with van der Waals surface area (Å²) in [5, 5.41) is 14.5. The molecule has 16 heteroatoms. The molecule has 220 valence electrons. The van der Waals surface area contributed by atoms with Gasteiger partial charge in [0.2, 0.25) is 6.10 Å². The summed E-state index contributed by atoms with van der Waals surface area (Å²) >= 11 is 0. The van der Waals surface area contributed by atoms with Crippen LogP contribution in [-0.4, -0.2) is 74.1 Å². The van der Waals surface area contributed by atoms with Crippen LogP contribution in [0, 0.1) is 5.41 Å². The number of carbonyl (C=O) groups is 3. The quantitative estimate of drug-likeness (QED) is 0.123. The van der Waals surface area contributed by atoms with Crippen molar-refractivity contribution >= 4 is 23.7 Å². The molecule has 2 amide bonds. The molecule has 0 saturated heterocycles. The lowest BCUT2D eigenvalue weighted by Gasteiger charge is -2.27. The number of alkyl halides is 6. The van der Waals surface area contributed by atoms with Gasteiger partial charge in [-0.2, -0.15) is 26.3 Å². The second-order valence-electron chi connectivity index (χ2n) is 8.61. The minimum Gasteiger partial charge on any atom is -0.444 e. The van der Waals surface area contributed by atoms with Crippen molar-refractivity contribution < 1.29 is 54.9 Å². The molecule has 0 bridgehead atoms. The zero-order valence-electron chi connectivity index (χ0n) is 21.3. The standard InChI is InChI=1S/C23H30F6N4O6/c1-21(2,37-3)18(35)32-15(16(34)13-38-17(22(24,25)26)23(27,28)29)10-7-11-31-19(30)33-20(36)39-12-14-8-5-4-6-9-14/h4-6,8-9,15,17H,7,10-13H2,1-3H3,(H,32,35)(H3,30,31,33,36)/t15-/m0/s1. The van der Waals surface area contributed by atoms with Crippen LogP contribution < -0.4 is 16.0 Å². The van der Waals surface area contributed by atoms with Crippen LogP contribution in [0.15, 0.2) is 30.3 Å². The topological polar surface area (TPSA) is 139 Å². The van der Waals surface area contributed by atoms with Gasteiger partial charge in [-0.3, -0.25) is 20.3 Å². The Bertz CT molecular complexity index is 958. The number of carbonyl (C=O) groups excluding carboxylic acids is 3. The lowest BCUT2D eigenvalue weighted by molar-refractivity contribution is -0.319. The molecule has 0 radical (unpaired) electrons. The first-order valence-corrected chi connectivity index (χ1v) is 11.4. The minimum absolute atomic E-state index is 0.00477. The number of hydrogen-bond donors (Lipinski definition) is 4. The van der Waals surface area contributed by atoms with Gasteiger partial charge >= 0.3 is 18.4 Å². The number of hydrogen-bond acceptors (Lipinski definition) is 7. The third kappa shape index (κ3) is 12.3. The summed E-state index contributed by atoms with van der Waals surface area (Å²) in [6.45, 7) is 0.955. The Balaban J connectivity index is 2.67. The number of methoxy groups -OCH3 is 1. The molecule has 0 aliphatic carbocycles. The largest absolute Gasteiger partial charge is 0.444 e. The molecular formula is C23H30F6N4O6. The Labute approximate surface area is 220 Å². The third-order valence-electron chi connectivity index (χ3n) is 5.15. The van der Waals surface area contributed by atoms with Crippen molar-refractivity contribution in [1.82, 2.24) is 16.0 Å². The lowest BCUT2D eigenvalue weighted by atomic mass is 10.0. The zero-order chi connectivity index (χ0) is 29.9. The molecule has 0 aliphatic rings. The Morgan fingerprint density at radius 2 is 1.59 bits per heavy atom. The highest BCUT2D eigenvalue weighted by Crippen LogP contribution is 2.35. The number of halogens is 6. The van der Waals surface area contributed by atoms with E-state index in [2.05, 4.69) is 20.7 Å². The van der Waals surface area contributed by atoms with Crippen molar-refractivity contribution in [3.8, 4) is 0 Å². The highest BCUT2D eigenvalue weighted by atomic mass is 19.4. The number of rotatable bonds is 13. The molecular weight excluding hydrogens is 542 g/mol. The first-order valence-electron chi connectivity index (χ1n) is 11.4. The van der Waals surface area contributed by atoms with Gasteiger partial charge in [-0.05, 0) is 32.3 Å². The summed E-state index contributed by atoms with van der Waals surface area (Å²) in [4.78, 5) is 36.6. The maximum absolute atomic E-state index is 12.7. The molecule has 1 aromatic carbocycles. The van der Waals surface area contributed by atoms with E-state index in [1.165, 1.54) is 21.0 Å². The van der Waals surface area contributed by atoms with Gasteiger partial charge in [0.25, 0.3) is 5.91 Å². The highest BCUT2D eigenvalue weighted by molar-refractivity contribution is 5.93. The molecule has 1 rings (SSSR count). The average molecular weight is 573 g/mol. The van der Waals surface area contributed by atoms with Crippen LogP contribution in [0.5, 0.6) is 0 Å². The summed E-state index contributed by atoms with van der Waals surface area (Å²) in [6, 6.07) is 7.17. The average Bonchev–Trinajstić information content (AvgIpc) is 2.83. The van der Waals surface area contributed by atoms with Gasteiger partial charge in [0.15, 0.2) is 11.7 Å². The van der Waals surface area contributed by atoms with Crippen LogP contribution in [-0.2, 0) is 30.4 Å². The monoisotopic (exact) mass is 572 g/mol. The maximum atomic E-state index is 12.7. The number of Topliss-reactive ketones (excluding diaryl/α,β-unsaturated/α-hetero) is 1. The van der Waals surface area contributed by atoms with E-state index >= 15 is 0 Å². The van der Waals surface area contributed by atoms with E-state index in [0.717, 1.165) is 0 Å².